The first-order chi connectivity index (χ1) is 11.1. The fourth-order valence-electron chi connectivity index (χ4n) is 2.66. The van der Waals surface area contributed by atoms with Gasteiger partial charge in [0.15, 0.2) is 12.4 Å². The van der Waals surface area contributed by atoms with E-state index < -0.39 is 0 Å². The van der Waals surface area contributed by atoms with Gasteiger partial charge in [-0.25, -0.2) is 0 Å². The van der Waals surface area contributed by atoms with Crippen molar-refractivity contribution in [1.29, 1.82) is 0 Å². The molecule has 1 aliphatic rings. The van der Waals surface area contributed by atoms with Gasteiger partial charge in [0.2, 0.25) is 0 Å². The average molecular weight is 318 g/mol. The zero-order valence-corrected chi connectivity index (χ0v) is 13.9. The number of oxime groups is 1. The van der Waals surface area contributed by atoms with Crippen molar-refractivity contribution in [3.63, 3.8) is 0 Å². The zero-order chi connectivity index (χ0) is 16.7. The van der Waals surface area contributed by atoms with Crippen molar-refractivity contribution in [3.05, 3.63) is 29.8 Å². The minimum absolute atomic E-state index is 0.104. The first kappa shape index (κ1) is 17.1. The van der Waals surface area contributed by atoms with Crippen molar-refractivity contribution >= 4 is 17.4 Å². The molecule has 1 fully saturated rings. The maximum atomic E-state index is 11.8. The smallest absolute Gasteiger partial charge is 0.260 e. The molecule has 0 bridgehead atoms. The van der Waals surface area contributed by atoms with Gasteiger partial charge in [0, 0.05) is 31.4 Å². The van der Waals surface area contributed by atoms with Gasteiger partial charge in [-0.05, 0) is 37.1 Å². The molecule has 3 N–H and O–H groups in total. The van der Waals surface area contributed by atoms with Crippen LogP contribution in [0.2, 0.25) is 0 Å². The maximum Gasteiger partial charge on any atom is 0.260 e. The van der Waals surface area contributed by atoms with E-state index in [0.29, 0.717) is 0 Å². The fraction of sp³-hybridized carbons (Fsp3) is 0.529. The quantitative estimate of drug-likeness (QED) is 0.476. The second-order valence-electron chi connectivity index (χ2n) is 6.09. The van der Waals surface area contributed by atoms with Crippen molar-refractivity contribution in [2.24, 2.45) is 10.9 Å². The minimum atomic E-state index is -0.142. The number of rotatable bonds is 6. The summed E-state index contributed by atoms with van der Waals surface area (Å²) in [5.41, 5.74) is 7.72. The van der Waals surface area contributed by atoms with Gasteiger partial charge in [-0.2, -0.15) is 0 Å². The first-order valence-electron chi connectivity index (χ1n) is 8.09. The molecular weight excluding hydrogens is 292 g/mol. The van der Waals surface area contributed by atoms with Crippen LogP contribution in [-0.2, 0) is 9.63 Å². The van der Waals surface area contributed by atoms with Crippen LogP contribution >= 0.6 is 0 Å². The standard InChI is InChI=1S/C17H26N4O2/c1-21(2)15-10-8-13(9-11-15)17(18)20-23-12-16(22)19-14-6-4-3-5-7-14/h8-11,14H,3-7,12H2,1-2H3,(H2,18,20)(H,19,22). The summed E-state index contributed by atoms with van der Waals surface area (Å²) in [5, 5.41) is 6.79. The Morgan fingerprint density at radius 1 is 1.26 bits per heavy atom. The van der Waals surface area contributed by atoms with Gasteiger partial charge < -0.3 is 20.8 Å². The third-order valence-electron chi connectivity index (χ3n) is 4.01. The second-order valence-corrected chi connectivity index (χ2v) is 6.09. The number of anilines is 1. The lowest BCUT2D eigenvalue weighted by Crippen LogP contribution is -2.38. The van der Waals surface area contributed by atoms with E-state index in [-0.39, 0.29) is 24.4 Å². The Balaban J connectivity index is 1.78. The molecule has 0 aromatic heterocycles. The number of nitrogens with one attached hydrogen (secondary N) is 1. The van der Waals surface area contributed by atoms with Crippen LogP contribution in [0.1, 0.15) is 37.7 Å². The Labute approximate surface area is 137 Å². The summed E-state index contributed by atoms with van der Waals surface area (Å²) >= 11 is 0. The van der Waals surface area contributed by atoms with Crippen LogP contribution in [0, 0.1) is 0 Å². The summed E-state index contributed by atoms with van der Waals surface area (Å²) in [7, 11) is 3.95. The van der Waals surface area contributed by atoms with E-state index in [1.165, 1.54) is 19.3 Å². The molecule has 0 saturated heterocycles. The van der Waals surface area contributed by atoms with Gasteiger partial charge in [0.1, 0.15) is 0 Å². The first-order valence-corrected chi connectivity index (χ1v) is 8.09. The molecule has 6 nitrogen and oxygen atoms in total. The van der Waals surface area contributed by atoms with Crippen LogP contribution < -0.4 is 16.0 Å². The predicted molar refractivity (Wildman–Crippen MR) is 92.5 cm³/mol. The van der Waals surface area contributed by atoms with Gasteiger partial charge in [-0.3, -0.25) is 4.79 Å². The Kier molecular flexibility index (Phi) is 6.26. The molecule has 0 atom stereocenters. The normalized spacial score (nSPS) is 16.0. The van der Waals surface area contributed by atoms with E-state index in [9.17, 15) is 4.79 Å². The van der Waals surface area contributed by atoms with Gasteiger partial charge >= 0.3 is 0 Å². The predicted octanol–water partition coefficient (Wildman–Crippen LogP) is 1.84. The lowest BCUT2D eigenvalue weighted by Gasteiger charge is -2.22. The van der Waals surface area contributed by atoms with Crippen molar-refractivity contribution in [3.8, 4) is 0 Å². The Hall–Kier alpha value is -2.24. The van der Waals surface area contributed by atoms with Crippen LogP contribution in [0.15, 0.2) is 29.4 Å². The molecule has 1 amide bonds. The lowest BCUT2D eigenvalue weighted by atomic mass is 9.95. The Bertz CT molecular complexity index is 534. The number of benzene rings is 1. The molecule has 1 aromatic carbocycles. The van der Waals surface area contributed by atoms with Gasteiger partial charge in [-0.1, -0.05) is 24.4 Å². The highest BCUT2D eigenvalue weighted by Gasteiger charge is 2.15. The molecule has 0 aliphatic heterocycles. The second kappa shape index (κ2) is 8.41. The number of amidine groups is 1. The van der Waals surface area contributed by atoms with Gasteiger partial charge in [-0.15, -0.1) is 0 Å². The number of carbonyl (C=O) groups is 1. The largest absolute Gasteiger partial charge is 0.384 e. The van der Waals surface area contributed by atoms with E-state index in [4.69, 9.17) is 10.6 Å². The van der Waals surface area contributed by atoms with Crippen molar-refractivity contribution in [2.75, 3.05) is 25.6 Å². The van der Waals surface area contributed by atoms with E-state index in [1.807, 2.05) is 43.3 Å². The maximum absolute atomic E-state index is 11.8. The van der Waals surface area contributed by atoms with Gasteiger partial charge in [0.25, 0.3) is 5.91 Å². The van der Waals surface area contributed by atoms with E-state index >= 15 is 0 Å². The molecule has 0 radical (unpaired) electrons. The van der Waals surface area contributed by atoms with Crippen LogP contribution in [0.3, 0.4) is 0 Å². The number of hydrogen-bond acceptors (Lipinski definition) is 4. The highest BCUT2D eigenvalue weighted by Crippen LogP contribution is 2.17. The molecule has 0 spiro atoms. The summed E-state index contributed by atoms with van der Waals surface area (Å²) in [6.45, 7) is -0.104. The molecule has 2 rings (SSSR count). The van der Waals surface area contributed by atoms with E-state index in [2.05, 4.69) is 10.5 Å². The molecule has 1 saturated carbocycles. The molecule has 23 heavy (non-hydrogen) atoms. The highest BCUT2D eigenvalue weighted by atomic mass is 16.6. The van der Waals surface area contributed by atoms with E-state index in [1.54, 1.807) is 0 Å². The number of amides is 1. The van der Waals surface area contributed by atoms with Crippen molar-refractivity contribution < 1.29 is 9.63 Å². The average Bonchev–Trinajstić information content (AvgIpc) is 2.55. The number of nitrogens with zero attached hydrogens (tertiary/aromatic N) is 2. The van der Waals surface area contributed by atoms with E-state index in [0.717, 1.165) is 24.1 Å². The Morgan fingerprint density at radius 3 is 2.52 bits per heavy atom. The fourth-order valence-corrected chi connectivity index (χ4v) is 2.66. The highest BCUT2D eigenvalue weighted by molar-refractivity contribution is 5.97. The third-order valence-corrected chi connectivity index (χ3v) is 4.01. The SMILES string of the molecule is CN(C)c1ccc(/C(N)=N/OCC(=O)NC2CCCCC2)cc1. The minimum Gasteiger partial charge on any atom is -0.384 e. The lowest BCUT2D eigenvalue weighted by molar-refractivity contribution is -0.126. The van der Waals surface area contributed by atoms with Crippen LogP contribution in [0.25, 0.3) is 0 Å². The summed E-state index contributed by atoms with van der Waals surface area (Å²) in [6, 6.07) is 7.93. The zero-order valence-electron chi connectivity index (χ0n) is 13.9. The topological polar surface area (TPSA) is 79.9 Å². The number of nitrogens with two attached hydrogens (primary N) is 1. The molecular formula is C17H26N4O2. The molecule has 1 aliphatic carbocycles. The van der Waals surface area contributed by atoms with Crippen LogP contribution in [0.5, 0.6) is 0 Å². The summed E-state index contributed by atoms with van der Waals surface area (Å²) in [5.74, 6) is 0.122. The monoisotopic (exact) mass is 318 g/mol. The molecule has 0 heterocycles. The molecule has 6 heteroatoms. The summed E-state index contributed by atoms with van der Waals surface area (Å²) in [4.78, 5) is 18.9. The number of carbonyl (C=O) groups excluding carboxylic acids is 1. The van der Waals surface area contributed by atoms with Crippen molar-refractivity contribution in [1.82, 2.24) is 5.32 Å². The third kappa shape index (κ3) is 5.47. The summed E-state index contributed by atoms with van der Waals surface area (Å²) < 4.78 is 0. The van der Waals surface area contributed by atoms with Gasteiger partial charge in [0.05, 0.1) is 0 Å². The molecule has 1 aromatic rings. The summed E-state index contributed by atoms with van der Waals surface area (Å²) in [6.07, 6.45) is 5.72. The molecule has 0 unspecified atom stereocenters. The van der Waals surface area contributed by atoms with Crippen LogP contribution in [0.4, 0.5) is 5.69 Å². The number of hydrogen-bond donors (Lipinski definition) is 2. The Morgan fingerprint density at radius 2 is 1.91 bits per heavy atom. The molecule has 126 valence electrons. The van der Waals surface area contributed by atoms with Crippen LogP contribution in [-0.4, -0.2) is 38.5 Å². The van der Waals surface area contributed by atoms with Crippen molar-refractivity contribution in [2.45, 2.75) is 38.1 Å².